The van der Waals surface area contributed by atoms with E-state index in [4.69, 9.17) is 11.6 Å². The summed E-state index contributed by atoms with van der Waals surface area (Å²) in [5, 5.41) is 5.80. The maximum Gasteiger partial charge on any atom is 0.234 e. The minimum atomic E-state index is 0.106. The Morgan fingerprint density at radius 3 is 2.46 bits per heavy atom. The standard InChI is InChI=1S/C18H22ClN3OS/c19-16-5-3-15(4-6-16)13-21-7-9-22(10-8-21)14-18(23)20-12-17-2-1-11-24-17/h1-6,11H,7-10,12-14H2,(H,20,23). The molecule has 2 heterocycles. The van der Waals surface area contributed by atoms with Crippen LogP contribution in [0, 0.1) is 0 Å². The Bertz CT molecular complexity index is 637. The van der Waals surface area contributed by atoms with Crippen LogP contribution in [0.15, 0.2) is 41.8 Å². The average Bonchev–Trinajstić information content (AvgIpc) is 3.10. The number of benzene rings is 1. The molecule has 24 heavy (non-hydrogen) atoms. The van der Waals surface area contributed by atoms with E-state index in [1.807, 2.05) is 29.6 Å². The number of thiophene rings is 1. The third kappa shape index (κ3) is 5.31. The maximum atomic E-state index is 12.0. The molecule has 1 aliphatic rings. The third-order valence-electron chi connectivity index (χ3n) is 4.19. The van der Waals surface area contributed by atoms with Crippen LogP contribution in [0.3, 0.4) is 0 Å². The maximum absolute atomic E-state index is 12.0. The predicted octanol–water partition coefficient (Wildman–Crippen LogP) is 2.84. The first-order valence-corrected chi connectivity index (χ1v) is 9.43. The van der Waals surface area contributed by atoms with E-state index < -0.39 is 0 Å². The number of hydrogen-bond acceptors (Lipinski definition) is 4. The molecule has 0 bridgehead atoms. The molecule has 0 radical (unpaired) electrons. The van der Waals surface area contributed by atoms with Crippen molar-refractivity contribution in [2.45, 2.75) is 13.1 Å². The van der Waals surface area contributed by atoms with Gasteiger partial charge in [0.2, 0.25) is 5.91 Å². The number of halogens is 1. The molecule has 0 aliphatic carbocycles. The summed E-state index contributed by atoms with van der Waals surface area (Å²) in [4.78, 5) is 17.9. The fourth-order valence-electron chi connectivity index (χ4n) is 2.81. The molecule has 1 saturated heterocycles. The predicted molar refractivity (Wildman–Crippen MR) is 99.3 cm³/mol. The average molecular weight is 364 g/mol. The summed E-state index contributed by atoms with van der Waals surface area (Å²) in [6.45, 7) is 5.89. The van der Waals surface area contributed by atoms with Crippen molar-refractivity contribution in [3.05, 3.63) is 57.2 Å². The Labute approximate surface area is 152 Å². The molecule has 0 spiro atoms. The molecule has 6 heteroatoms. The van der Waals surface area contributed by atoms with Crippen LogP contribution < -0.4 is 5.32 Å². The van der Waals surface area contributed by atoms with E-state index in [-0.39, 0.29) is 5.91 Å². The van der Waals surface area contributed by atoms with Gasteiger partial charge in [0.05, 0.1) is 13.1 Å². The third-order valence-corrected chi connectivity index (χ3v) is 5.32. The molecule has 0 unspecified atom stereocenters. The van der Waals surface area contributed by atoms with Crippen molar-refractivity contribution in [3.8, 4) is 0 Å². The van der Waals surface area contributed by atoms with E-state index in [9.17, 15) is 4.79 Å². The second-order valence-electron chi connectivity index (χ2n) is 6.03. The van der Waals surface area contributed by atoms with E-state index in [1.165, 1.54) is 10.4 Å². The normalized spacial score (nSPS) is 16.2. The fourth-order valence-corrected chi connectivity index (χ4v) is 3.58. The summed E-state index contributed by atoms with van der Waals surface area (Å²) in [5.41, 5.74) is 1.28. The number of piperazine rings is 1. The smallest absolute Gasteiger partial charge is 0.234 e. The molecule has 1 fully saturated rings. The monoisotopic (exact) mass is 363 g/mol. The summed E-state index contributed by atoms with van der Waals surface area (Å²) in [7, 11) is 0. The van der Waals surface area contributed by atoms with Crippen LogP contribution in [-0.4, -0.2) is 48.4 Å². The van der Waals surface area contributed by atoms with E-state index in [1.54, 1.807) is 11.3 Å². The van der Waals surface area contributed by atoms with Gasteiger partial charge in [0.15, 0.2) is 0 Å². The second kappa shape index (κ2) is 8.62. The lowest BCUT2D eigenvalue weighted by Crippen LogP contribution is -2.49. The van der Waals surface area contributed by atoms with Crippen molar-refractivity contribution >= 4 is 28.8 Å². The van der Waals surface area contributed by atoms with Crippen LogP contribution in [0.25, 0.3) is 0 Å². The van der Waals surface area contributed by atoms with Crippen LogP contribution in [0.4, 0.5) is 0 Å². The van der Waals surface area contributed by atoms with Gasteiger partial charge in [0, 0.05) is 42.6 Å². The van der Waals surface area contributed by atoms with Gasteiger partial charge in [0.1, 0.15) is 0 Å². The summed E-state index contributed by atoms with van der Waals surface area (Å²) in [6, 6.07) is 12.1. The van der Waals surface area contributed by atoms with Crippen molar-refractivity contribution in [2.24, 2.45) is 0 Å². The van der Waals surface area contributed by atoms with E-state index in [0.29, 0.717) is 13.1 Å². The highest BCUT2D eigenvalue weighted by Gasteiger charge is 2.18. The minimum Gasteiger partial charge on any atom is -0.350 e. The van der Waals surface area contributed by atoms with Crippen LogP contribution >= 0.6 is 22.9 Å². The lowest BCUT2D eigenvalue weighted by Gasteiger charge is -2.34. The van der Waals surface area contributed by atoms with Gasteiger partial charge in [-0.25, -0.2) is 0 Å². The number of hydrogen-bond donors (Lipinski definition) is 1. The highest BCUT2D eigenvalue weighted by molar-refractivity contribution is 7.09. The van der Waals surface area contributed by atoms with Gasteiger partial charge < -0.3 is 5.32 Å². The number of amides is 1. The van der Waals surface area contributed by atoms with Crippen molar-refractivity contribution < 1.29 is 4.79 Å². The SMILES string of the molecule is O=C(CN1CCN(Cc2ccc(Cl)cc2)CC1)NCc1cccs1. The van der Waals surface area contributed by atoms with Gasteiger partial charge in [-0.1, -0.05) is 29.8 Å². The Hall–Kier alpha value is -1.40. The number of nitrogens with one attached hydrogen (secondary N) is 1. The number of carbonyl (C=O) groups is 1. The largest absolute Gasteiger partial charge is 0.350 e. The van der Waals surface area contributed by atoms with Crippen LogP contribution in [0.5, 0.6) is 0 Å². The van der Waals surface area contributed by atoms with E-state index in [0.717, 1.165) is 37.7 Å². The lowest BCUT2D eigenvalue weighted by atomic mass is 10.2. The molecule has 128 valence electrons. The molecule has 1 aromatic heterocycles. The topological polar surface area (TPSA) is 35.6 Å². The Morgan fingerprint density at radius 1 is 1.08 bits per heavy atom. The number of nitrogens with zero attached hydrogens (tertiary/aromatic N) is 2. The Kier molecular flexibility index (Phi) is 6.26. The van der Waals surface area contributed by atoms with Gasteiger partial charge in [-0.2, -0.15) is 0 Å². The van der Waals surface area contributed by atoms with Crippen LogP contribution in [0.1, 0.15) is 10.4 Å². The molecular formula is C18H22ClN3OS. The quantitative estimate of drug-likeness (QED) is 0.857. The highest BCUT2D eigenvalue weighted by Crippen LogP contribution is 2.13. The molecule has 2 aromatic rings. The molecule has 1 aliphatic heterocycles. The Balaban J connectivity index is 1.37. The van der Waals surface area contributed by atoms with Gasteiger partial charge in [0.25, 0.3) is 0 Å². The van der Waals surface area contributed by atoms with Crippen molar-refractivity contribution in [3.63, 3.8) is 0 Å². The highest BCUT2D eigenvalue weighted by atomic mass is 35.5. The summed E-state index contributed by atoms with van der Waals surface area (Å²) >= 11 is 7.59. The van der Waals surface area contributed by atoms with Crippen molar-refractivity contribution in [1.29, 1.82) is 0 Å². The summed E-state index contributed by atoms with van der Waals surface area (Å²) in [5.74, 6) is 0.106. The zero-order valence-electron chi connectivity index (χ0n) is 13.6. The van der Waals surface area contributed by atoms with Crippen molar-refractivity contribution in [1.82, 2.24) is 15.1 Å². The minimum absolute atomic E-state index is 0.106. The number of carbonyl (C=O) groups excluding carboxylic acids is 1. The first-order valence-electron chi connectivity index (χ1n) is 8.17. The lowest BCUT2D eigenvalue weighted by molar-refractivity contribution is -0.122. The molecule has 3 rings (SSSR count). The van der Waals surface area contributed by atoms with E-state index in [2.05, 4.69) is 27.2 Å². The van der Waals surface area contributed by atoms with Gasteiger partial charge in [-0.05, 0) is 29.1 Å². The summed E-state index contributed by atoms with van der Waals surface area (Å²) < 4.78 is 0. The molecule has 0 atom stereocenters. The van der Waals surface area contributed by atoms with Crippen LogP contribution in [0.2, 0.25) is 5.02 Å². The first-order chi connectivity index (χ1) is 11.7. The van der Waals surface area contributed by atoms with Gasteiger partial charge >= 0.3 is 0 Å². The van der Waals surface area contributed by atoms with Gasteiger partial charge in [-0.15, -0.1) is 11.3 Å². The zero-order valence-corrected chi connectivity index (χ0v) is 15.2. The van der Waals surface area contributed by atoms with Crippen molar-refractivity contribution in [2.75, 3.05) is 32.7 Å². The second-order valence-corrected chi connectivity index (χ2v) is 7.50. The number of rotatable bonds is 6. The molecular weight excluding hydrogens is 342 g/mol. The molecule has 4 nitrogen and oxygen atoms in total. The van der Waals surface area contributed by atoms with Crippen LogP contribution in [-0.2, 0) is 17.9 Å². The first kappa shape index (κ1) is 17.4. The fraction of sp³-hybridized carbons (Fsp3) is 0.389. The Morgan fingerprint density at radius 2 is 1.79 bits per heavy atom. The summed E-state index contributed by atoms with van der Waals surface area (Å²) in [6.07, 6.45) is 0. The van der Waals surface area contributed by atoms with E-state index >= 15 is 0 Å². The zero-order chi connectivity index (χ0) is 16.8. The molecule has 1 aromatic carbocycles. The molecule has 1 N–H and O–H groups in total. The van der Waals surface area contributed by atoms with Gasteiger partial charge in [-0.3, -0.25) is 14.6 Å². The molecule has 1 amide bonds. The molecule has 0 saturated carbocycles.